The predicted octanol–water partition coefficient (Wildman–Crippen LogP) is 1.70. The SMILES string of the molecule is CN1c2cccc(O)c2NC(=O)C12CCC2. The normalized spacial score (nSPS) is 21.3. The van der Waals surface area contributed by atoms with Crippen molar-refractivity contribution in [3.63, 3.8) is 0 Å². The van der Waals surface area contributed by atoms with Crippen LogP contribution in [-0.2, 0) is 4.79 Å². The number of hydrogen-bond donors (Lipinski definition) is 2. The molecule has 1 spiro atoms. The van der Waals surface area contributed by atoms with E-state index >= 15 is 0 Å². The Labute approximate surface area is 93.9 Å². The number of phenols is 1. The van der Waals surface area contributed by atoms with Crippen molar-refractivity contribution < 1.29 is 9.90 Å². The number of carbonyl (C=O) groups is 1. The topological polar surface area (TPSA) is 52.6 Å². The van der Waals surface area contributed by atoms with E-state index in [1.807, 2.05) is 18.0 Å². The Morgan fingerprint density at radius 2 is 2.19 bits per heavy atom. The molecule has 4 nitrogen and oxygen atoms in total. The van der Waals surface area contributed by atoms with Gasteiger partial charge in [-0.1, -0.05) is 6.07 Å². The average Bonchev–Trinajstić information content (AvgIpc) is 2.18. The first-order valence-corrected chi connectivity index (χ1v) is 5.52. The summed E-state index contributed by atoms with van der Waals surface area (Å²) in [6.07, 6.45) is 2.88. The minimum Gasteiger partial charge on any atom is -0.506 e. The maximum atomic E-state index is 12.1. The molecular formula is C12H14N2O2. The fourth-order valence-corrected chi connectivity index (χ4v) is 2.62. The summed E-state index contributed by atoms with van der Waals surface area (Å²) in [5, 5.41) is 12.5. The molecule has 1 aliphatic heterocycles. The van der Waals surface area contributed by atoms with Crippen LogP contribution in [0.5, 0.6) is 5.75 Å². The third-order valence-corrected chi connectivity index (χ3v) is 3.87. The van der Waals surface area contributed by atoms with E-state index in [1.54, 1.807) is 12.1 Å². The van der Waals surface area contributed by atoms with E-state index in [-0.39, 0.29) is 17.2 Å². The van der Waals surface area contributed by atoms with E-state index in [0.717, 1.165) is 24.9 Å². The first kappa shape index (κ1) is 9.51. The monoisotopic (exact) mass is 218 g/mol. The molecule has 1 saturated carbocycles. The van der Waals surface area contributed by atoms with E-state index < -0.39 is 0 Å². The van der Waals surface area contributed by atoms with Crippen molar-refractivity contribution in [1.82, 2.24) is 0 Å². The molecule has 0 saturated heterocycles. The molecule has 1 aromatic rings. The summed E-state index contributed by atoms with van der Waals surface area (Å²) in [4.78, 5) is 14.1. The second kappa shape index (κ2) is 2.90. The molecule has 1 aromatic carbocycles. The lowest BCUT2D eigenvalue weighted by Crippen LogP contribution is -2.62. The van der Waals surface area contributed by atoms with Crippen molar-refractivity contribution in [1.29, 1.82) is 0 Å². The molecule has 0 radical (unpaired) electrons. The van der Waals surface area contributed by atoms with Crippen molar-refractivity contribution in [3.05, 3.63) is 18.2 Å². The molecule has 0 aromatic heterocycles. The highest BCUT2D eigenvalue weighted by Crippen LogP contribution is 2.48. The number of rotatable bonds is 0. The highest BCUT2D eigenvalue weighted by molar-refractivity contribution is 6.08. The summed E-state index contributed by atoms with van der Waals surface area (Å²) in [7, 11) is 1.93. The van der Waals surface area contributed by atoms with Gasteiger partial charge in [0, 0.05) is 7.05 Å². The van der Waals surface area contributed by atoms with E-state index in [0.29, 0.717) is 5.69 Å². The number of amides is 1. The van der Waals surface area contributed by atoms with Crippen molar-refractivity contribution in [3.8, 4) is 5.75 Å². The van der Waals surface area contributed by atoms with Gasteiger partial charge in [-0.3, -0.25) is 4.79 Å². The van der Waals surface area contributed by atoms with Crippen molar-refractivity contribution in [2.45, 2.75) is 24.8 Å². The number of para-hydroxylation sites is 1. The Bertz CT molecular complexity index is 466. The van der Waals surface area contributed by atoms with Crippen LogP contribution in [0.1, 0.15) is 19.3 Å². The lowest BCUT2D eigenvalue weighted by molar-refractivity contribution is -0.124. The fraction of sp³-hybridized carbons (Fsp3) is 0.417. The molecule has 2 aliphatic rings. The zero-order valence-corrected chi connectivity index (χ0v) is 9.16. The largest absolute Gasteiger partial charge is 0.506 e. The molecule has 3 rings (SSSR count). The van der Waals surface area contributed by atoms with E-state index in [2.05, 4.69) is 5.32 Å². The highest BCUT2D eigenvalue weighted by Gasteiger charge is 2.51. The van der Waals surface area contributed by atoms with Crippen LogP contribution in [0.4, 0.5) is 11.4 Å². The van der Waals surface area contributed by atoms with Crippen LogP contribution < -0.4 is 10.2 Å². The van der Waals surface area contributed by atoms with Crippen LogP contribution in [0.3, 0.4) is 0 Å². The summed E-state index contributed by atoms with van der Waals surface area (Å²) < 4.78 is 0. The number of benzene rings is 1. The van der Waals surface area contributed by atoms with Gasteiger partial charge in [-0.05, 0) is 31.4 Å². The molecule has 2 N–H and O–H groups in total. The van der Waals surface area contributed by atoms with Crippen LogP contribution in [0.2, 0.25) is 0 Å². The molecule has 84 valence electrons. The second-order valence-electron chi connectivity index (χ2n) is 4.57. The number of nitrogens with zero attached hydrogens (tertiary/aromatic N) is 1. The van der Waals surface area contributed by atoms with E-state index in [9.17, 15) is 9.90 Å². The number of nitrogens with one attached hydrogen (secondary N) is 1. The standard InChI is InChI=1S/C12H14N2O2/c1-14-8-4-2-5-9(15)10(8)13-11(16)12(14)6-3-7-12/h2,4-5,15H,3,6-7H2,1H3,(H,13,16). The quantitative estimate of drug-likeness (QED) is 0.652. The molecule has 1 fully saturated rings. The summed E-state index contributed by atoms with van der Waals surface area (Å²) in [6, 6.07) is 5.31. The minimum absolute atomic E-state index is 0.00949. The van der Waals surface area contributed by atoms with Crippen LogP contribution >= 0.6 is 0 Å². The fourth-order valence-electron chi connectivity index (χ4n) is 2.62. The number of carbonyl (C=O) groups excluding carboxylic acids is 1. The lowest BCUT2D eigenvalue weighted by atomic mass is 9.73. The van der Waals surface area contributed by atoms with Gasteiger partial charge in [0.25, 0.3) is 0 Å². The zero-order chi connectivity index (χ0) is 11.3. The summed E-state index contributed by atoms with van der Waals surface area (Å²) in [5.41, 5.74) is 1.06. The summed E-state index contributed by atoms with van der Waals surface area (Å²) >= 11 is 0. The van der Waals surface area contributed by atoms with Gasteiger partial charge < -0.3 is 15.3 Å². The van der Waals surface area contributed by atoms with Gasteiger partial charge in [0.2, 0.25) is 5.91 Å². The molecule has 0 unspecified atom stereocenters. The summed E-state index contributed by atoms with van der Waals surface area (Å²) in [5.74, 6) is 0.141. The zero-order valence-electron chi connectivity index (χ0n) is 9.16. The Kier molecular flexibility index (Phi) is 1.73. The van der Waals surface area contributed by atoms with Crippen LogP contribution in [-0.4, -0.2) is 23.6 Å². The molecule has 16 heavy (non-hydrogen) atoms. The Morgan fingerprint density at radius 3 is 2.81 bits per heavy atom. The molecular weight excluding hydrogens is 204 g/mol. The smallest absolute Gasteiger partial charge is 0.250 e. The Morgan fingerprint density at radius 1 is 1.44 bits per heavy atom. The van der Waals surface area contributed by atoms with Gasteiger partial charge in [-0.2, -0.15) is 0 Å². The van der Waals surface area contributed by atoms with Gasteiger partial charge in [-0.25, -0.2) is 0 Å². The molecule has 0 atom stereocenters. The molecule has 1 amide bonds. The number of aromatic hydroxyl groups is 1. The van der Waals surface area contributed by atoms with Gasteiger partial charge in [0.05, 0.1) is 5.69 Å². The maximum absolute atomic E-state index is 12.1. The third-order valence-electron chi connectivity index (χ3n) is 3.87. The minimum atomic E-state index is -0.374. The molecule has 4 heteroatoms. The molecule has 1 aliphatic carbocycles. The third kappa shape index (κ3) is 0.965. The Balaban J connectivity index is 2.14. The first-order chi connectivity index (χ1) is 7.65. The van der Waals surface area contributed by atoms with Crippen molar-refractivity contribution in [2.24, 2.45) is 0 Å². The number of hydrogen-bond acceptors (Lipinski definition) is 3. The summed E-state index contributed by atoms with van der Waals surface area (Å²) in [6.45, 7) is 0. The number of anilines is 2. The highest BCUT2D eigenvalue weighted by atomic mass is 16.3. The van der Waals surface area contributed by atoms with Gasteiger partial charge >= 0.3 is 0 Å². The first-order valence-electron chi connectivity index (χ1n) is 5.52. The number of likely N-dealkylation sites (N-methyl/N-ethyl adjacent to an activating group) is 1. The lowest BCUT2D eigenvalue weighted by Gasteiger charge is -2.51. The Hall–Kier alpha value is -1.71. The van der Waals surface area contributed by atoms with Crippen molar-refractivity contribution >= 4 is 17.3 Å². The van der Waals surface area contributed by atoms with E-state index in [4.69, 9.17) is 0 Å². The van der Waals surface area contributed by atoms with E-state index in [1.165, 1.54) is 0 Å². The van der Waals surface area contributed by atoms with Gasteiger partial charge in [0.1, 0.15) is 17.0 Å². The van der Waals surface area contributed by atoms with Crippen molar-refractivity contribution in [2.75, 3.05) is 17.3 Å². The number of phenolic OH excluding ortho intramolecular Hbond substituents is 1. The molecule has 1 heterocycles. The average molecular weight is 218 g/mol. The van der Waals surface area contributed by atoms with Crippen LogP contribution in [0.15, 0.2) is 18.2 Å². The molecule has 0 bridgehead atoms. The maximum Gasteiger partial charge on any atom is 0.250 e. The number of fused-ring (bicyclic) bond motifs is 1. The van der Waals surface area contributed by atoms with Crippen LogP contribution in [0, 0.1) is 0 Å². The second-order valence-corrected chi connectivity index (χ2v) is 4.57. The van der Waals surface area contributed by atoms with Gasteiger partial charge in [-0.15, -0.1) is 0 Å². The van der Waals surface area contributed by atoms with Crippen LogP contribution in [0.25, 0.3) is 0 Å². The predicted molar refractivity (Wildman–Crippen MR) is 61.7 cm³/mol. The van der Waals surface area contributed by atoms with Gasteiger partial charge in [0.15, 0.2) is 0 Å².